The zero-order valence-corrected chi connectivity index (χ0v) is 16.8. The minimum absolute atomic E-state index is 0.296. The van der Waals surface area contributed by atoms with Crippen molar-refractivity contribution in [3.05, 3.63) is 82.2 Å². The van der Waals surface area contributed by atoms with Crippen molar-refractivity contribution in [3.63, 3.8) is 0 Å². The third-order valence-corrected chi connectivity index (χ3v) is 5.66. The maximum Gasteiger partial charge on any atom is 0.336 e. The highest BCUT2D eigenvalue weighted by atomic mass is 16.5. The first kappa shape index (κ1) is 19.4. The molecular formula is C24H28N2O3+2. The number of rotatable bonds is 6. The molecule has 1 aliphatic rings. The third kappa shape index (κ3) is 4.94. The topological polar surface area (TPSA) is 48.3 Å². The Morgan fingerprint density at radius 1 is 1.00 bits per heavy atom. The molecule has 0 aliphatic carbocycles. The molecule has 0 atom stereocenters. The maximum atomic E-state index is 12.0. The van der Waals surface area contributed by atoms with Crippen LogP contribution < -0.4 is 20.2 Å². The molecule has 1 aliphatic heterocycles. The summed E-state index contributed by atoms with van der Waals surface area (Å²) in [7, 11) is 1.62. The van der Waals surface area contributed by atoms with E-state index in [0.29, 0.717) is 11.3 Å². The second kappa shape index (κ2) is 9.07. The molecule has 4 rings (SSSR count). The number of hydrogen-bond acceptors (Lipinski definition) is 3. The summed E-state index contributed by atoms with van der Waals surface area (Å²) in [6, 6.07) is 17.8. The number of piperazine rings is 1. The summed E-state index contributed by atoms with van der Waals surface area (Å²) in [5.74, 6) is 0.700. The summed E-state index contributed by atoms with van der Waals surface area (Å²) in [5, 5.41) is 0.999. The van der Waals surface area contributed by atoms with Crippen LogP contribution in [-0.4, -0.2) is 39.8 Å². The molecule has 0 radical (unpaired) electrons. The second-order valence-electron chi connectivity index (χ2n) is 7.65. The number of fused-ring (bicyclic) bond motifs is 1. The van der Waals surface area contributed by atoms with Gasteiger partial charge in [-0.15, -0.1) is 0 Å². The fourth-order valence-corrected chi connectivity index (χ4v) is 4.02. The number of hydrogen-bond donors (Lipinski definition) is 2. The Balaban J connectivity index is 1.36. The smallest absolute Gasteiger partial charge is 0.336 e. The van der Waals surface area contributed by atoms with Crippen LogP contribution in [0.3, 0.4) is 0 Å². The summed E-state index contributed by atoms with van der Waals surface area (Å²) < 4.78 is 10.6. The predicted octanol–water partition coefficient (Wildman–Crippen LogP) is 0.798. The third-order valence-electron chi connectivity index (χ3n) is 5.66. The van der Waals surface area contributed by atoms with Crippen LogP contribution in [0.25, 0.3) is 17.0 Å². The normalized spacial score (nSPS) is 19.6. The van der Waals surface area contributed by atoms with E-state index < -0.39 is 0 Å². The van der Waals surface area contributed by atoms with E-state index in [1.54, 1.807) is 24.1 Å². The minimum Gasteiger partial charge on any atom is -0.497 e. The Labute approximate surface area is 170 Å². The van der Waals surface area contributed by atoms with E-state index in [1.807, 2.05) is 18.2 Å². The van der Waals surface area contributed by atoms with E-state index in [1.165, 1.54) is 10.5 Å². The van der Waals surface area contributed by atoms with Crippen molar-refractivity contribution in [1.82, 2.24) is 0 Å². The Hall–Kier alpha value is -2.89. The van der Waals surface area contributed by atoms with Gasteiger partial charge in [0, 0.05) is 23.1 Å². The van der Waals surface area contributed by atoms with E-state index in [9.17, 15) is 4.79 Å². The molecule has 5 nitrogen and oxygen atoms in total. The molecule has 29 heavy (non-hydrogen) atoms. The molecule has 0 saturated carbocycles. The molecule has 150 valence electrons. The zero-order chi connectivity index (χ0) is 20.1. The number of nitrogens with one attached hydrogen (secondary N) is 2. The van der Waals surface area contributed by atoms with Gasteiger partial charge in [-0.3, -0.25) is 0 Å². The van der Waals surface area contributed by atoms with Gasteiger partial charge in [0.2, 0.25) is 0 Å². The van der Waals surface area contributed by atoms with Crippen LogP contribution in [0.5, 0.6) is 5.75 Å². The SMILES string of the molecule is COc1ccc2c(C[NH+]3CC[NH+](C/C=C/c4ccccc4)CC3)cc(=O)oc2c1. The molecular weight excluding hydrogens is 364 g/mol. The van der Waals surface area contributed by atoms with E-state index in [0.717, 1.165) is 50.2 Å². The minimum atomic E-state index is -0.296. The molecule has 2 N–H and O–H groups in total. The van der Waals surface area contributed by atoms with Gasteiger partial charge in [-0.1, -0.05) is 36.4 Å². The molecule has 5 heteroatoms. The average molecular weight is 392 g/mol. The van der Waals surface area contributed by atoms with Crippen LogP contribution in [0.1, 0.15) is 11.1 Å². The van der Waals surface area contributed by atoms with Crippen LogP contribution in [0.2, 0.25) is 0 Å². The van der Waals surface area contributed by atoms with Gasteiger partial charge >= 0.3 is 5.63 Å². The van der Waals surface area contributed by atoms with Crippen molar-refractivity contribution < 1.29 is 19.0 Å². The lowest BCUT2D eigenvalue weighted by Gasteiger charge is -2.29. The monoisotopic (exact) mass is 392 g/mol. The van der Waals surface area contributed by atoms with Gasteiger partial charge in [0.25, 0.3) is 0 Å². The van der Waals surface area contributed by atoms with Crippen LogP contribution in [-0.2, 0) is 6.54 Å². The lowest BCUT2D eigenvalue weighted by atomic mass is 10.1. The Morgan fingerprint density at radius 2 is 1.76 bits per heavy atom. The van der Waals surface area contributed by atoms with Gasteiger partial charge in [0.15, 0.2) is 0 Å². The van der Waals surface area contributed by atoms with Crippen LogP contribution in [0.4, 0.5) is 0 Å². The lowest BCUT2D eigenvalue weighted by molar-refractivity contribution is -1.02. The summed E-state index contributed by atoms with van der Waals surface area (Å²) in [5.41, 5.74) is 2.61. The van der Waals surface area contributed by atoms with Gasteiger partial charge < -0.3 is 19.0 Å². The first-order chi connectivity index (χ1) is 14.2. The van der Waals surface area contributed by atoms with Crippen molar-refractivity contribution >= 4 is 17.0 Å². The van der Waals surface area contributed by atoms with E-state index >= 15 is 0 Å². The molecule has 2 aromatic carbocycles. The number of quaternary nitrogens is 2. The highest BCUT2D eigenvalue weighted by molar-refractivity contribution is 5.81. The van der Waals surface area contributed by atoms with Gasteiger partial charge in [0.1, 0.15) is 44.1 Å². The largest absolute Gasteiger partial charge is 0.497 e. The van der Waals surface area contributed by atoms with Crippen LogP contribution in [0, 0.1) is 0 Å². The highest BCUT2D eigenvalue weighted by Gasteiger charge is 2.23. The van der Waals surface area contributed by atoms with Gasteiger partial charge in [0.05, 0.1) is 13.7 Å². The highest BCUT2D eigenvalue weighted by Crippen LogP contribution is 2.22. The Kier molecular flexibility index (Phi) is 6.08. The van der Waals surface area contributed by atoms with E-state index in [4.69, 9.17) is 9.15 Å². The molecule has 1 fully saturated rings. The molecule has 2 heterocycles. The summed E-state index contributed by atoms with van der Waals surface area (Å²) in [6.07, 6.45) is 4.48. The van der Waals surface area contributed by atoms with Gasteiger partial charge in [-0.2, -0.15) is 0 Å². The van der Waals surface area contributed by atoms with E-state index in [-0.39, 0.29) is 5.63 Å². The first-order valence-electron chi connectivity index (χ1n) is 10.2. The second-order valence-corrected chi connectivity index (χ2v) is 7.65. The fourth-order valence-electron chi connectivity index (χ4n) is 4.02. The molecule has 3 aromatic rings. The van der Waals surface area contributed by atoms with Crippen molar-refractivity contribution in [1.29, 1.82) is 0 Å². The summed E-state index contributed by atoms with van der Waals surface area (Å²) in [4.78, 5) is 15.1. The molecule has 0 spiro atoms. The quantitative estimate of drug-likeness (QED) is 0.610. The molecule has 0 unspecified atom stereocenters. The van der Waals surface area contributed by atoms with Crippen molar-refractivity contribution in [2.45, 2.75) is 6.54 Å². The molecule has 1 aromatic heterocycles. The van der Waals surface area contributed by atoms with Crippen molar-refractivity contribution in [2.75, 3.05) is 39.8 Å². The first-order valence-corrected chi connectivity index (χ1v) is 10.2. The number of ether oxygens (including phenoxy) is 1. The Morgan fingerprint density at radius 3 is 2.52 bits per heavy atom. The van der Waals surface area contributed by atoms with E-state index in [2.05, 4.69) is 36.4 Å². The predicted molar refractivity (Wildman–Crippen MR) is 114 cm³/mol. The number of methoxy groups -OCH3 is 1. The average Bonchev–Trinajstić information content (AvgIpc) is 2.75. The summed E-state index contributed by atoms with van der Waals surface area (Å²) in [6.45, 7) is 6.39. The summed E-state index contributed by atoms with van der Waals surface area (Å²) >= 11 is 0. The number of benzene rings is 2. The molecule has 1 saturated heterocycles. The van der Waals surface area contributed by atoms with Crippen molar-refractivity contribution in [2.24, 2.45) is 0 Å². The van der Waals surface area contributed by atoms with Gasteiger partial charge in [-0.25, -0.2) is 4.79 Å². The standard InChI is InChI=1S/C24H26N2O3/c1-28-21-9-10-22-20(16-24(27)29-23(22)17-21)18-26-14-12-25(13-15-26)11-5-8-19-6-3-2-4-7-19/h2-10,16-17H,11-15,18H2,1H3/p+2/b8-5+. The Bertz CT molecular complexity index is 1030. The van der Waals surface area contributed by atoms with Gasteiger partial charge in [-0.05, 0) is 23.8 Å². The molecule has 0 amide bonds. The van der Waals surface area contributed by atoms with Crippen LogP contribution in [0.15, 0.2) is 69.9 Å². The zero-order valence-electron chi connectivity index (χ0n) is 16.8. The molecule has 0 bridgehead atoms. The van der Waals surface area contributed by atoms with Crippen molar-refractivity contribution in [3.8, 4) is 5.75 Å². The fraction of sp³-hybridized carbons (Fsp3) is 0.292. The lowest BCUT2D eigenvalue weighted by Crippen LogP contribution is -3.27. The maximum absolute atomic E-state index is 12.0. The van der Waals surface area contributed by atoms with Crippen LogP contribution >= 0.6 is 0 Å².